The molecule has 0 spiro atoms. The molecule has 2 aromatic rings. The van der Waals surface area contributed by atoms with Crippen molar-refractivity contribution in [2.24, 2.45) is 0 Å². The molecule has 6 nitrogen and oxygen atoms in total. The highest BCUT2D eigenvalue weighted by atomic mass is 16.6. The van der Waals surface area contributed by atoms with Gasteiger partial charge in [-0.2, -0.15) is 0 Å². The number of benzene rings is 2. The van der Waals surface area contributed by atoms with Gasteiger partial charge >= 0.3 is 11.9 Å². The highest BCUT2D eigenvalue weighted by Crippen LogP contribution is 2.18. The van der Waals surface area contributed by atoms with E-state index in [1.807, 2.05) is 30.3 Å². The van der Waals surface area contributed by atoms with E-state index in [-0.39, 0.29) is 18.9 Å². The van der Waals surface area contributed by atoms with Crippen LogP contribution >= 0.6 is 0 Å². The van der Waals surface area contributed by atoms with E-state index in [9.17, 15) is 14.4 Å². The number of hydrogen-bond acceptors (Lipinski definition) is 5. The third-order valence-corrected chi connectivity index (χ3v) is 3.40. The third kappa shape index (κ3) is 5.76. The van der Waals surface area contributed by atoms with Crippen molar-refractivity contribution in [1.82, 2.24) is 5.32 Å². The van der Waals surface area contributed by atoms with Crippen LogP contribution < -0.4 is 5.32 Å². The highest BCUT2D eigenvalue weighted by Gasteiger charge is 2.25. The largest absolute Gasteiger partial charge is 0.466 e. The second-order valence-electron chi connectivity index (χ2n) is 5.24. The van der Waals surface area contributed by atoms with Crippen LogP contribution in [0.1, 0.15) is 17.2 Å². The molecule has 130 valence electrons. The van der Waals surface area contributed by atoms with Crippen LogP contribution in [-0.4, -0.2) is 31.5 Å². The predicted molar refractivity (Wildman–Crippen MR) is 90.4 cm³/mol. The molecule has 25 heavy (non-hydrogen) atoms. The number of nitrogens with one attached hydrogen (secondary N) is 1. The first kappa shape index (κ1) is 18.2. The van der Waals surface area contributed by atoms with Crippen LogP contribution in [0.15, 0.2) is 60.7 Å². The van der Waals surface area contributed by atoms with Gasteiger partial charge in [-0.1, -0.05) is 60.7 Å². The lowest BCUT2D eigenvalue weighted by atomic mass is 10.1. The van der Waals surface area contributed by atoms with Crippen LogP contribution in [0.25, 0.3) is 0 Å². The lowest BCUT2D eigenvalue weighted by molar-refractivity contribution is -0.166. The summed E-state index contributed by atoms with van der Waals surface area (Å²) in [5.74, 6) is -1.71. The van der Waals surface area contributed by atoms with Gasteiger partial charge < -0.3 is 14.8 Å². The van der Waals surface area contributed by atoms with E-state index in [4.69, 9.17) is 4.74 Å². The quantitative estimate of drug-likeness (QED) is 0.777. The van der Waals surface area contributed by atoms with Gasteiger partial charge in [0.05, 0.1) is 13.5 Å². The lowest BCUT2D eigenvalue weighted by Gasteiger charge is -2.16. The van der Waals surface area contributed by atoms with Gasteiger partial charge in [-0.05, 0) is 5.56 Å². The maximum absolute atomic E-state index is 12.0. The zero-order valence-electron chi connectivity index (χ0n) is 13.8. The molecule has 0 aliphatic carbocycles. The van der Waals surface area contributed by atoms with Crippen molar-refractivity contribution in [3.8, 4) is 0 Å². The minimum atomic E-state index is -1.16. The van der Waals surface area contributed by atoms with Crippen LogP contribution in [0, 0.1) is 0 Å². The van der Waals surface area contributed by atoms with Gasteiger partial charge in [-0.25, -0.2) is 4.79 Å². The molecule has 0 aromatic heterocycles. The van der Waals surface area contributed by atoms with E-state index >= 15 is 0 Å². The average molecular weight is 341 g/mol. The first-order valence-corrected chi connectivity index (χ1v) is 7.73. The summed E-state index contributed by atoms with van der Waals surface area (Å²) in [6, 6.07) is 17.7. The first-order valence-electron chi connectivity index (χ1n) is 7.73. The van der Waals surface area contributed by atoms with Crippen molar-refractivity contribution in [2.45, 2.75) is 12.5 Å². The van der Waals surface area contributed by atoms with Gasteiger partial charge in [-0.3, -0.25) is 9.59 Å². The monoisotopic (exact) mass is 341 g/mol. The normalized spacial score (nSPS) is 11.2. The lowest BCUT2D eigenvalue weighted by Crippen LogP contribution is -2.33. The van der Waals surface area contributed by atoms with E-state index < -0.39 is 18.0 Å². The number of amides is 1. The number of hydrogen-bond donors (Lipinski definition) is 1. The molecule has 0 saturated heterocycles. The number of carbonyl (C=O) groups excluding carboxylic acids is 3. The second kappa shape index (κ2) is 9.22. The Morgan fingerprint density at radius 2 is 1.56 bits per heavy atom. The molecule has 0 aliphatic heterocycles. The molecule has 2 aromatic carbocycles. The van der Waals surface area contributed by atoms with Crippen LogP contribution in [0.2, 0.25) is 0 Å². The molecule has 1 N–H and O–H groups in total. The van der Waals surface area contributed by atoms with Gasteiger partial charge in [0.2, 0.25) is 12.0 Å². The zero-order valence-corrected chi connectivity index (χ0v) is 13.8. The Balaban J connectivity index is 1.88. The van der Waals surface area contributed by atoms with Crippen molar-refractivity contribution in [1.29, 1.82) is 0 Å². The van der Waals surface area contributed by atoms with Crippen LogP contribution in [0.4, 0.5) is 0 Å². The third-order valence-electron chi connectivity index (χ3n) is 3.40. The number of ether oxygens (including phenoxy) is 2. The van der Waals surface area contributed by atoms with Crippen LogP contribution in [0.3, 0.4) is 0 Å². The Morgan fingerprint density at radius 3 is 2.16 bits per heavy atom. The molecule has 0 aliphatic rings. The van der Waals surface area contributed by atoms with Crippen molar-refractivity contribution in [3.63, 3.8) is 0 Å². The van der Waals surface area contributed by atoms with Crippen LogP contribution in [0.5, 0.6) is 0 Å². The summed E-state index contributed by atoms with van der Waals surface area (Å²) < 4.78 is 9.83. The Hall–Kier alpha value is -3.15. The molecule has 0 unspecified atom stereocenters. The molecule has 0 saturated carbocycles. The van der Waals surface area contributed by atoms with E-state index in [1.54, 1.807) is 30.3 Å². The summed E-state index contributed by atoms with van der Waals surface area (Å²) in [5.41, 5.74) is 1.34. The number of rotatable bonds is 7. The highest BCUT2D eigenvalue weighted by molar-refractivity contribution is 5.85. The SMILES string of the molecule is COC(=O)[C@@H](OC(=O)CNC(=O)Cc1ccccc1)c1ccccc1. The summed E-state index contributed by atoms with van der Waals surface area (Å²) in [6.45, 7) is -0.327. The minimum absolute atomic E-state index is 0.160. The first-order chi connectivity index (χ1) is 12.1. The maximum Gasteiger partial charge on any atom is 0.351 e. The van der Waals surface area contributed by atoms with Crippen molar-refractivity contribution >= 4 is 17.8 Å². The molecule has 0 heterocycles. The summed E-state index contributed by atoms with van der Waals surface area (Å²) >= 11 is 0. The molecule has 0 bridgehead atoms. The molecule has 0 fully saturated rings. The van der Waals surface area contributed by atoms with E-state index in [0.717, 1.165) is 5.56 Å². The molecule has 0 radical (unpaired) electrons. The van der Waals surface area contributed by atoms with E-state index in [0.29, 0.717) is 5.56 Å². The minimum Gasteiger partial charge on any atom is -0.466 e. The zero-order chi connectivity index (χ0) is 18.1. The van der Waals surface area contributed by atoms with Crippen molar-refractivity contribution in [2.75, 3.05) is 13.7 Å². The fourth-order valence-corrected chi connectivity index (χ4v) is 2.17. The average Bonchev–Trinajstić information content (AvgIpc) is 2.65. The second-order valence-corrected chi connectivity index (χ2v) is 5.24. The summed E-state index contributed by atoms with van der Waals surface area (Å²) in [6.07, 6.45) is -1.00. The summed E-state index contributed by atoms with van der Waals surface area (Å²) in [4.78, 5) is 35.7. The predicted octanol–water partition coefficient (Wildman–Crippen LogP) is 1.80. The number of esters is 2. The summed E-state index contributed by atoms with van der Waals surface area (Å²) in [7, 11) is 1.22. The summed E-state index contributed by atoms with van der Waals surface area (Å²) in [5, 5.41) is 2.48. The van der Waals surface area contributed by atoms with Crippen molar-refractivity contribution in [3.05, 3.63) is 71.8 Å². The standard InChI is InChI=1S/C19H19NO5/c1-24-19(23)18(15-10-6-3-7-11-15)25-17(22)13-20-16(21)12-14-8-4-2-5-9-14/h2-11,18H,12-13H2,1H3,(H,20,21)/t18-/m0/s1. The Labute approximate surface area is 145 Å². The molecule has 1 amide bonds. The number of methoxy groups -OCH3 is 1. The molecule has 1 atom stereocenters. The topological polar surface area (TPSA) is 81.7 Å². The number of carbonyl (C=O) groups is 3. The molecule has 2 rings (SSSR count). The van der Waals surface area contributed by atoms with E-state index in [2.05, 4.69) is 10.1 Å². The van der Waals surface area contributed by atoms with Gasteiger partial charge in [-0.15, -0.1) is 0 Å². The fourth-order valence-electron chi connectivity index (χ4n) is 2.17. The van der Waals surface area contributed by atoms with E-state index in [1.165, 1.54) is 7.11 Å². The Bertz CT molecular complexity index is 715. The van der Waals surface area contributed by atoms with Gasteiger partial charge in [0.25, 0.3) is 0 Å². The fraction of sp³-hybridized carbons (Fsp3) is 0.211. The smallest absolute Gasteiger partial charge is 0.351 e. The van der Waals surface area contributed by atoms with Crippen LogP contribution in [-0.2, 0) is 30.3 Å². The molecule has 6 heteroatoms. The molecular weight excluding hydrogens is 322 g/mol. The van der Waals surface area contributed by atoms with Gasteiger partial charge in [0.1, 0.15) is 6.54 Å². The Morgan fingerprint density at radius 1 is 0.960 bits per heavy atom. The Kier molecular flexibility index (Phi) is 6.71. The maximum atomic E-state index is 12.0. The van der Waals surface area contributed by atoms with Gasteiger partial charge in [0, 0.05) is 5.56 Å². The van der Waals surface area contributed by atoms with Gasteiger partial charge in [0.15, 0.2) is 0 Å². The van der Waals surface area contributed by atoms with Crippen molar-refractivity contribution < 1.29 is 23.9 Å². The molecular formula is C19H19NO5.